The van der Waals surface area contributed by atoms with E-state index in [2.05, 4.69) is 5.32 Å². The Kier molecular flexibility index (Phi) is 4.18. The van der Waals surface area contributed by atoms with Gasteiger partial charge in [-0.1, -0.05) is 0 Å². The van der Waals surface area contributed by atoms with Crippen molar-refractivity contribution in [2.75, 3.05) is 5.32 Å². The van der Waals surface area contributed by atoms with Gasteiger partial charge in [0.25, 0.3) is 5.91 Å². The van der Waals surface area contributed by atoms with Crippen LogP contribution in [0.1, 0.15) is 21.7 Å². The lowest BCUT2D eigenvalue weighted by atomic mass is 10.1. The van der Waals surface area contributed by atoms with E-state index in [0.29, 0.717) is 11.3 Å². The molecular formula is C15H12FNO4. The molecule has 2 aromatic rings. The molecule has 1 heterocycles. The highest BCUT2D eigenvalue weighted by Gasteiger charge is 2.12. The van der Waals surface area contributed by atoms with Gasteiger partial charge in [0.15, 0.2) is 0 Å². The van der Waals surface area contributed by atoms with Crippen molar-refractivity contribution in [1.82, 2.24) is 0 Å². The van der Waals surface area contributed by atoms with Gasteiger partial charge >= 0.3 is 5.97 Å². The summed E-state index contributed by atoms with van der Waals surface area (Å²) in [6, 6.07) is 5.50. The molecule has 6 heteroatoms. The average molecular weight is 289 g/mol. The van der Waals surface area contributed by atoms with Crippen molar-refractivity contribution >= 4 is 23.6 Å². The lowest BCUT2D eigenvalue weighted by molar-refractivity contribution is -0.131. The van der Waals surface area contributed by atoms with Crippen molar-refractivity contribution in [2.45, 2.75) is 6.92 Å². The summed E-state index contributed by atoms with van der Waals surface area (Å²) in [5.41, 5.74) is 0.755. The van der Waals surface area contributed by atoms with E-state index in [1.165, 1.54) is 24.5 Å². The van der Waals surface area contributed by atoms with Crippen LogP contribution >= 0.6 is 0 Å². The molecule has 1 aromatic heterocycles. The third-order valence-electron chi connectivity index (χ3n) is 2.77. The fourth-order valence-corrected chi connectivity index (χ4v) is 1.72. The first-order chi connectivity index (χ1) is 9.97. The Morgan fingerprint density at radius 2 is 2.10 bits per heavy atom. The number of carboxylic acid groups (broad SMARTS) is 1. The number of aliphatic carboxylic acids is 1. The van der Waals surface area contributed by atoms with Crippen molar-refractivity contribution in [3.8, 4) is 0 Å². The minimum atomic E-state index is -1.16. The minimum absolute atomic E-state index is 0.120. The van der Waals surface area contributed by atoms with Gasteiger partial charge in [0, 0.05) is 17.3 Å². The zero-order valence-corrected chi connectivity index (χ0v) is 11.1. The Bertz CT molecular complexity index is 718. The SMILES string of the molecule is Cc1occc1C(=O)Nc1ccc(C=CC(=O)O)c(F)c1. The molecule has 2 N–H and O–H groups in total. The Morgan fingerprint density at radius 3 is 2.67 bits per heavy atom. The summed E-state index contributed by atoms with van der Waals surface area (Å²) < 4.78 is 18.8. The van der Waals surface area contributed by atoms with Gasteiger partial charge in [-0.2, -0.15) is 0 Å². The normalized spacial score (nSPS) is 10.8. The molecular weight excluding hydrogens is 277 g/mol. The van der Waals surface area contributed by atoms with Crippen molar-refractivity contribution in [3.63, 3.8) is 0 Å². The summed E-state index contributed by atoms with van der Waals surface area (Å²) in [7, 11) is 0. The van der Waals surface area contributed by atoms with E-state index in [-0.39, 0.29) is 11.3 Å². The van der Waals surface area contributed by atoms with Crippen LogP contribution in [0.5, 0.6) is 0 Å². The van der Waals surface area contributed by atoms with Crippen LogP contribution in [0.25, 0.3) is 6.08 Å². The monoisotopic (exact) mass is 289 g/mol. The van der Waals surface area contributed by atoms with E-state index in [0.717, 1.165) is 18.2 Å². The second-order valence-electron chi connectivity index (χ2n) is 4.25. The molecule has 0 aliphatic heterocycles. The maximum atomic E-state index is 13.8. The molecule has 108 valence electrons. The van der Waals surface area contributed by atoms with Crippen LogP contribution in [0.15, 0.2) is 41.0 Å². The lowest BCUT2D eigenvalue weighted by Gasteiger charge is -2.05. The number of hydrogen-bond donors (Lipinski definition) is 2. The lowest BCUT2D eigenvalue weighted by Crippen LogP contribution is -2.12. The molecule has 5 nitrogen and oxygen atoms in total. The van der Waals surface area contributed by atoms with Crippen LogP contribution in [-0.2, 0) is 4.79 Å². The van der Waals surface area contributed by atoms with E-state index in [1.807, 2.05) is 0 Å². The number of carboxylic acids is 1. The number of benzene rings is 1. The maximum Gasteiger partial charge on any atom is 0.328 e. The number of rotatable bonds is 4. The average Bonchev–Trinajstić information content (AvgIpc) is 2.84. The van der Waals surface area contributed by atoms with Gasteiger partial charge in [0.05, 0.1) is 11.8 Å². The van der Waals surface area contributed by atoms with Crippen LogP contribution in [0, 0.1) is 12.7 Å². The van der Waals surface area contributed by atoms with Crippen molar-refractivity contribution in [1.29, 1.82) is 0 Å². The molecule has 0 bridgehead atoms. The molecule has 0 saturated carbocycles. The fourth-order valence-electron chi connectivity index (χ4n) is 1.72. The van der Waals surface area contributed by atoms with Crippen molar-refractivity contribution in [3.05, 3.63) is 59.3 Å². The molecule has 0 aliphatic rings. The number of nitrogens with one attached hydrogen (secondary N) is 1. The summed E-state index contributed by atoms with van der Waals surface area (Å²) in [4.78, 5) is 22.3. The van der Waals surface area contributed by atoms with E-state index in [9.17, 15) is 14.0 Å². The number of carbonyl (C=O) groups is 2. The quantitative estimate of drug-likeness (QED) is 0.848. The van der Waals surface area contributed by atoms with Gasteiger partial charge in [0.1, 0.15) is 11.6 Å². The van der Waals surface area contributed by atoms with Crippen LogP contribution in [0.3, 0.4) is 0 Å². The number of hydrogen-bond acceptors (Lipinski definition) is 3. The van der Waals surface area contributed by atoms with Crippen LogP contribution in [0.2, 0.25) is 0 Å². The first kappa shape index (κ1) is 14.5. The molecule has 2 rings (SSSR count). The first-order valence-corrected chi connectivity index (χ1v) is 6.03. The summed E-state index contributed by atoms with van der Waals surface area (Å²) in [5, 5.41) is 11.0. The molecule has 0 fully saturated rings. The number of carbonyl (C=O) groups excluding carboxylic acids is 1. The maximum absolute atomic E-state index is 13.8. The van der Waals surface area contributed by atoms with Crippen LogP contribution in [0.4, 0.5) is 10.1 Å². The van der Waals surface area contributed by atoms with Crippen LogP contribution < -0.4 is 5.32 Å². The third-order valence-corrected chi connectivity index (χ3v) is 2.77. The molecule has 0 radical (unpaired) electrons. The molecule has 0 spiro atoms. The first-order valence-electron chi connectivity index (χ1n) is 6.03. The number of anilines is 1. The van der Waals surface area contributed by atoms with Crippen LogP contribution in [-0.4, -0.2) is 17.0 Å². The molecule has 1 amide bonds. The number of amides is 1. The highest BCUT2D eigenvalue weighted by atomic mass is 19.1. The number of furan rings is 1. The molecule has 0 aliphatic carbocycles. The van der Waals surface area contributed by atoms with Gasteiger partial charge < -0.3 is 14.8 Å². The van der Waals surface area contributed by atoms with Gasteiger partial charge in [0.2, 0.25) is 0 Å². The molecule has 21 heavy (non-hydrogen) atoms. The second kappa shape index (κ2) is 6.04. The van der Waals surface area contributed by atoms with E-state index < -0.39 is 17.7 Å². The summed E-state index contributed by atoms with van der Waals surface area (Å²) in [6.45, 7) is 1.65. The number of aryl methyl sites for hydroxylation is 1. The van der Waals surface area contributed by atoms with Gasteiger partial charge in [-0.05, 0) is 37.3 Å². The zero-order valence-electron chi connectivity index (χ0n) is 11.1. The summed E-state index contributed by atoms with van der Waals surface area (Å²) in [5.74, 6) is -1.74. The summed E-state index contributed by atoms with van der Waals surface area (Å²) in [6.07, 6.45) is 3.37. The second-order valence-corrected chi connectivity index (χ2v) is 4.25. The molecule has 1 aromatic carbocycles. The van der Waals surface area contributed by atoms with Crippen molar-refractivity contribution < 1.29 is 23.5 Å². The zero-order chi connectivity index (χ0) is 15.4. The fraction of sp³-hybridized carbons (Fsp3) is 0.0667. The minimum Gasteiger partial charge on any atom is -0.478 e. The summed E-state index contributed by atoms with van der Waals surface area (Å²) >= 11 is 0. The Labute approximate surface area is 119 Å². The molecule has 0 unspecified atom stereocenters. The number of halogens is 1. The van der Waals surface area contributed by atoms with E-state index in [1.54, 1.807) is 6.92 Å². The topological polar surface area (TPSA) is 79.5 Å². The van der Waals surface area contributed by atoms with Gasteiger partial charge in [-0.15, -0.1) is 0 Å². The highest BCUT2D eigenvalue weighted by Crippen LogP contribution is 2.18. The van der Waals surface area contributed by atoms with Crippen molar-refractivity contribution in [2.24, 2.45) is 0 Å². The third kappa shape index (κ3) is 3.56. The predicted octanol–water partition coefficient (Wildman–Crippen LogP) is 3.08. The Morgan fingerprint density at radius 1 is 1.33 bits per heavy atom. The van der Waals surface area contributed by atoms with E-state index in [4.69, 9.17) is 9.52 Å². The van der Waals surface area contributed by atoms with Gasteiger partial charge in [-0.25, -0.2) is 9.18 Å². The van der Waals surface area contributed by atoms with E-state index >= 15 is 0 Å². The highest BCUT2D eigenvalue weighted by molar-refractivity contribution is 6.04. The molecule has 0 saturated heterocycles. The van der Waals surface area contributed by atoms with Gasteiger partial charge in [-0.3, -0.25) is 4.79 Å². The smallest absolute Gasteiger partial charge is 0.328 e. The molecule has 0 atom stereocenters. The Hall–Kier alpha value is -2.89. The predicted molar refractivity (Wildman–Crippen MR) is 74.5 cm³/mol. The standard InChI is InChI=1S/C15H12FNO4/c1-9-12(6-7-21-9)15(20)17-11-4-2-10(13(16)8-11)3-5-14(18)19/h2-8H,1H3,(H,17,20)(H,18,19). The largest absolute Gasteiger partial charge is 0.478 e. The Balaban J connectivity index is 2.15.